The van der Waals surface area contributed by atoms with Gasteiger partial charge in [0, 0.05) is 0 Å². The topological polar surface area (TPSA) is 42.1 Å². The zero-order valence-electron chi connectivity index (χ0n) is 7.56. The molecule has 0 amide bonds. The minimum absolute atomic E-state index is 0.188. The van der Waals surface area contributed by atoms with Gasteiger partial charge in [0.25, 0.3) is 0 Å². The quantitative estimate of drug-likeness (QED) is 0.645. The largest absolute Gasteiger partial charge is 0.457 e. The van der Waals surface area contributed by atoms with Crippen molar-refractivity contribution in [3.05, 3.63) is 34.1 Å². The van der Waals surface area contributed by atoms with Gasteiger partial charge in [-0.3, -0.25) is 0 Å². The molecule has 0 atom stereocenters. The molecule has 5 heteroatoms. The molecule has 0 aromatic carbocycles. The summed E-state index contributed by atoms with van der Waals surface area (Å²) < 4.78 is 4.87. The summed E-state index contributed by atoms with van der Waals surface area (Å²) in [5.74, 6) is -0.498. The van der Waals surface area contributed by atoms with Gasteiger partial charge in [-0.2, -0.15) is 0 Å². The summed E-state index contributed by atoms with van der Waals surface area (Å²) in [7, 11) is 0. The molecule has 14 heavy (non-hydrogen) atoms. The van der Waals surface area contributed by atoms with Crippen LogP contribution in [0.1, 0.15) is 17.4 Å². The monoisotopic (exact) mass is 233 g/mol. The molecule has 0 fully saturated rings. The van der Waals surface area contributed by atoms with E-state index in [0.29, 0.717) is 5.02 Å². The van der Waals surface area contributed by atoms with Crippen molar-refractivity contribution < 1.29 is 9.53 Å². The van der Waals surface area contributed by atoms with Crippen LogP contribution in [0.3, 0.4) is 0 Å². The summed E-state index contributed by atoms with van der Waals surface area (Å²) >= 11 is 11.3. The molecule has 0 radical (unpaired) electrons. The maximum Gasteiger partial charge on any atom is 0.355 e. The molecule has 76 valence electrons. The van der Waals surface area contributed by atoms with Crippen LogP contribution in [0.15, 0.2) is 18.2 Å². The number of ether oxygens (including phenoxy) is 1. The lowest BCUT2D eigenvalue weighted by molar-refractivity contribution is 0.0534. The number of carbonyl (C=O) groups excluding carboxylic acids is 1. The van der Waals surface area contributed by atoms with E-state index < -0.39 is 5.97 Å². The Balaban J connectivity index is 2.65. The Hall–Kier alpha value is -0.930. The van der Waals surface area contributed by atoms with Crippen LogP contribution in [-0.2, 0) is 4.74 Å². The molecule has 0 unspecified atom stereocenters. The number of esters is 1. The fraction of sp³-hybridized carbons (Fsp3) is 0.222. The molecule has 1 heterocycles. The highest BCUT2D eigenvalue weighted by molar-refractivity contribution is 6.41. The van der Waals surface area contributed by atoms with Crippen LogP contribution in [-0.4, -0.2) is 17.6 Å². The second kappa shape index (κ2) is 4.53. The molecule has 0 bridgehead atoms. The van der Waals surface area contributed by atoms with Crippen LogP contribution in [0.2, 0.25) is 10.2 Å². The van der Waals surface area contributed by atoms with E-state index in [9.17, 15) is 4.79 Å². The maximum absolute atomic E-state index is 11.3. The highest BCUT2D eigenvalue weighted by Crippen LogP contribution is 2.22. The van der Waals surface area contributed by atoms with Gasteiger partial charge < -0.3 is 9.72 Å². The third-order valence-electron chi connectivity index (χ3n) is 1.39. The normalized spacial score (nSPS) is 9.93. The SMILES string of the molecule is C=C(C)COC(=O)c1cc(Cl)c(Cl)[nH]1. The van der Waals surface area contributed by atoms with Crippen molar-refractivity contribution in [2.24, 2.45) is 0 Å². The van der Waals surface area contributed by atoms with Crippen molar-refractivity contribution >= 4 is 29.2 Å². The lowest BCUT2D eigenvalue weighted by Gasteiger charge is -2.01. The Morgan fingerprint density at radius 2 is 2.29 bits per heavy atom. The fourth-order valence-corrected chi connectivity index (χ4v) is 1.09. The van der Waals surface area contributed by atoms with E-state index in [1.807, 2.05) is 0 Å². The molecule has 1 aromatic rings. The molecule has 0 saturated carbocycles. The number of carbonyl (C=O) groups is 1. The number of hydrogen-bond acceptors (Lipinski definition) is 2. The average Bonchev–Trinajstić information content (AvgIpc) is 2.43. The first kappa shape index (κ1) is 11.1. The first-order valence-electron chi connectivity index (χ1n) is 3.86. The van der Waals surface area contributed by atoms with E-state index in [1.165, 1.54) is 6.07 Å². The van der Waals surface area contributed by atoms with Gasteiger partial charge in [-0.1, -0.05) is 29.8 Å². The fourth-order valence-electron chi connectivity index (χ4n) is 0.781. The first-order chi connectivity index (χ1) is 6.50. The summed E-state index contributed by atoms with van der Waals surface area (Å²) in [6.45, 7) is 5.56. The number of rotatable bonds is 3. The van der Waals surface area contributed by atoms with Crippen LogP contribution >= 0.6 is 23.2 Å². The van der Waals surface area contributed by atoms with Crippen molar-refractivity contribution in [3.8, 4) is 0 Å². The summed E-state index contributed by atoms with van der Waals surface area (Å²) in [5, 5.41) is 0.530. The second-order valence-corrected chi connectivity index (χ2v) is 3.66. The molecule has 0 saturated heterocycles. The van der Waals surface area contributed by atoms with E-state index in [-0.39, 0.29) is 17.5 Å². The third-order valence-corrected chi connectivity index (χ3v) is 2.09. The van der Waals surface area contributed by atoms with Crippen molar-refractivity contribution in [1.29, 1.82) is 0 Å². The van der Waals surface area contributed by atoms with Crippen molar-refractivity contribution in [2.75, 3.05) is 6.61 Å². The van der Waals surface area contributed by atoms with Gasteiger partial charge in [0.05, 0.1) is 5.02 Å². The Bertz CT molecular complexity index is 351. The van der Waals surface area contributed by atoms with Crippen LogP contribution in [0.25, 0.3) is 0 Å². The van der Waals surface area contributed by atoms with Gasteiger partial charge >= 0.3 is 5.97 Å². The zero-order valence-corrected chi connectivity index (χ0v) is 9.08. The van der Waals surface area contributed by atoms with Gasteiger partial charge in [0.2, 0.25) is 0 Å². The average molecular weight is 234 g/mol. The van der Waals surface area contributed by atoms with E-state index >= 15 is 0 Å². The first-order valence-corrected chi connectivity index (χ1v) is 4.62. The van der Waals surface area contributed by atoms with Crippen molar-refractivity contribution in [3.63, 3.8) is 0 Å². The number of aromatic nitrogens is 1. The van der Waals surface area contributed by atoms with Crippen LogP contribution in [0, 0.1) is 0 Å². The number of aromatic amines is 1. The number of halogens is 2. The molecule has 0 aliphatic carbocycles. The Labute approximate surface area is 91.7 Å². The Kier molecular flexibility index (Phi) is 3.61. The standard InChI is InChI=1S/C9H9Cl2NO2/c1-5(2)4-14-9(13)7-3-6(10)8(11)12-7/h3,12H,1,4H2,2H3. The van der Waals surface area contributed by atoms with E-state index in [4.69, 9.17) is 27.9 Å². The van der Waals surface area contributed by atoms with Crippen LogP contribution < -0.4 is 0 Å². The molecule has 0 aliphatic rings. The minimum Gasteiger partial charge on any atom is -0.457 e. The van der Waals surface area contributed by atoms with Gasteiger partial charge in [0.1, 0.15) is 17.5 Å². The zero-order chi connectivity index (χ0) is 10.7. The smallest absolute Gasteiger partial charge is 0.355 e. The molecule has 1 aromatic heterocycles. The van der Waals surface area contributed by atoms with E-state index in [1.54, 1.807) is 6.92 Å². The number of nitrogens with one attached hydrogen (secondary N) is 1. The second-order valence-electron chi connectivity index (χ2n) is 2.88. The van der Waals surface area contributed by atoms with Crippen molar-refractivity contribution in [2.45, 2.75) is 6.92 Å². The van der Waals surface area contributed by atoms with Gasteiger partial charge in [0.15, 0.2) is 0 Å². The molecule has 0 spiro atoms. The van der Waals surface area contributed by atoms with Crippen LogP contribution in [0.5, 0.6) is 0 Å². The molecular weight excluding hydrogens is 225 g/mol. The van der Waals surface area contributed by atoms with Crippen molar-refractivity contribution in [1.82, 2.24) is 4.98 Å². The summed E-state index contributed by atoms with van der Waals surface area (Å²) in [4.78, 5) is 13.9. The van der Waals surface area contributed by atoms with E-state index in [0.717, 1.165) is 5.57 Å². The minimum atomic E-state index is -0.498. The van der Waals surface area contributed by atoms with Crippen LogP contribution in [0.4, 0.5) is 0 Å². The summed E-state index contributed by atoms with van der Waals surface area (Å²) in [6.07, 6.45) is 0. The summed E-state index contributed by atoms with van der Waals surface area (Å²) in [6, 6.07) is 1.42. The Morgan fingerprint density at radius 3 is 2.71 bits per heavy atom. The summed E-state index contributed by atoms with van der Waals surface area (Å²) in [5.41, 5.74) is 1.00. The molecule has 1 rings (SSSR count). The Morgan fingerprint density at radius 1 is 1.64 bits per heavy atom. The van der Waals surface area contributed by atoms with Gasteiger partial charge in [-0.25, -0.2) is 4.79 Å². The highest BCUT2D eigenvalue weighted by Gasteiger charge is 2.12. The number of hydrogen-bond donors (Lipinski definition) is 1. The highest BCUT2D eigenvalue weighted by atomic mass is 35.5. The molecule has 1 N–H and O–H groups in total. The lowest BCUT2D eigenvalue weighted by Crippen LogP contribution is -2.06. The predicted octanol–water partition coefficient (Wildman–Crippen LogP) is 3.05. The molecule has 0 aliphatic heterocycles. The molecule has 3 nitrogen and oxygen atoms in total. The van der Waals surface area contributed by atoms with Gasteiger partial charge in [-0.05, 0) is 18.6 Å². The predicted molar refractivity (Wildman–Crippen MR) is 55.9 cm³/mol. The van der Waals surface area contributed by atoms with E-state index in [2.05, 4.69) is 11.6 Å². The number of H-pyrrole nitrogens is 1. The van der Waals surface area contributed by atoms with Gasteiger partial charge in [-0.15, -0.1) is 0 Å². The maximum atomic E-state index is 11.3. The lowest BCUT2D eigenvalue weighted by atomic mass is 10.4. The molecular formula is C9H9Cl2NO2. The third kappa shape index (κ3) is 2.79.